The molecule has 25 heavy (non-hydrogen) atoms. The summed E-state index contributed by atoms with van der Waals surface area (Å²) >= 11 is 0. The van der Waals surface area contributed by atoms with Crippen LogP contribution in [0.25, 0.3) is 0 Å². The number of nitrogens with one attached hydrogen (secondary N) is 1. The summed E-state index contributed by atoms with van der Waals surface area (Å²) in [4.78, 5) is 28.5. The zero-order chi connectivity index (χ0) is 17.2. The van der Waals surface area contributed by atoms with Crippen molar-refractivity contribution in [2.75, 3.05) is 24.5 Å². The summed E-state index contributed by atoms with van der Waals surface area (Å²) in [7, 11) is 0. The highest BCUT2D eigenvalue weighted by molar-refractivity contribution is 5.98. The van der Waals surface area contributed by atoms with E-state index in [9.17, 15) is 9.59 Å². The number of hydrogen-bond donors (Lipinski definition) is 1. The van der Waals surface area contributed by atoms with E-state index < -0.39 is 0 Å². The first-order chi connectivity index (χ1) is 12.2. The van der Waals surface area contributed by atoms with Gasteiger partial charge in [0.15, 0.2) is 0 Å². The standard InChI is InChI=1S/C18H21N5O2/c24-17(22-10-2-6-16(22)13-21-9-3-7-20-21)14-4-1-5-15(12-14)23-11-8-19-18(23)25/h1,3-5,7,9,12,16H,2,6,8,10-11,13H2,(H,19,25). The maximum atomic E-state index is 13.0. The molecule has 7 heteroatoms. The number of hydrogen-bond acceptors (Lipinski definition) is 3. The number of anilines is 1. The lowest BCUT2D eigenvalue weighted by Gasteiger charge is -2.25. The third-order valence-corrected chi connectivity index (χ3v) is 4.86. The van der Waals surface area contributed by atoms with Crippen molar-refractivity contribution >= 4 is 17.6 Å². The second kappa shape index (κ2) is 6.58. The fourth-order valence-corrected chi connectivity index (χ4v) is 3.61. The molecule has 0 saturated carbocycles. The predicted molar refractivity (Wildman–Crippen MR) is 93.5 cm³/mol. The average molecular weight is 339 g/mol. The molecule has 130 valence electrons. The summed E-state index contributed by atoms with van der Waals surface area (Å²) in [6.07, 6.45) is 5.67. The van der Waals surface area contributed by atoms with E-state index >= 15 is 0 Å². The van der Waals surface area contributed by atoms with E-state index in [2.05, 4.69) is 10.4 Å². The van der Waals surface area contributed by atoms with E-state index in [1.54, 1.807) is 11.1 Å². The summed E-state index contributed by atoms with van der Waals surface area (Å²) in [5, 5.41) is 7.03. The average Bonchev–Trinajstić information content (AvgIpc) is 3.37. The lowest BCUT2D eigenvalue weighted by molar-refractivity contribution is 0.0721. The maximum Gasteiger partial charge on any atom is 0.321 e. The van der Waals surface area contributed by atoms with E-state index in [0.717, 1.165) is 25.1 Å². The van der Waals surface area contributed by atoms with Crippen molar-refractivity contribution in [1.82, 2.24) is 20.0 Å². The highest BCUT2D eigenvalue weighted by Gasteiger charge is 2.30. The van der Waals surface area contributed by atoms with Crippen LogP contribution in [0.1, 0.15) is 23.2 Å². The number of carbonyl (C=O) groups is 2. The number of amides is 3. The zero-order valence-electron chi connectivity index (χ0n) is 14.0. The molecule has 1 aromatic heterocycles. The lowest BCUT2D eigenvalue weighted by atomic mass is 10.1. The van der Waals surface area contributed by atoms with Gasteiger partial charge in [-0.25, -0.2) is 4.79 Å². The molecule has 2 fully saturated rings. The Morgan fingerprint density at radius 2 is 2.20 bits per heavy atom. The molecule has 0 spiro atoms. The van der Waals surface area contributed by atoms with Gasteiger partial charge in [-0.05, 0) is 37.1 Å². The summed E-state index contributed by atoms with van der Waals surface area (Å²) in [6.45, 7) is 2.74. The van der Waals surface area contributed by atoms with Crippen molar-refractivity contribution in [2.24, 2.45) is 0 Å². The van der Waals surface area contributed by atoms with Crippen LogP contribution in [-0.2, 0) is 6.54 Å². The Bertz CT molecular complexity index is 774. The van der Waals surface area contributed by atoms with Crippen LogP contribution < -0.4 is 10.2 Å². The van der Waals surface area contributed by atoms with Crippen molar-refractivity contribution in [1.29, 1.82) is 0 Å². The molecule has 7 nitrogen and oxygen atoms in total. The Labute approximate surface area is 146 Å². The van der Waals surface area contributed by atoms with Gasteiger partial charge < -0.3 is 10.2 Å². The minimum atomic E-state index is -0.109. The molecular weight excluding hydrogens is 318 g/mol. The van der Waals surface area contributed by atoms with Crippen LogP contribution in [0.2, 0.25) is 0 Å². The molecule has 4 rings (SSSR count). The molecule has 3 heterocycles. The number of nitrogens with zero attached hydrogens (tertiary/aromatic N) is 4. The van der Waals surface area contributed by atoms with Gasteiger partial charge in [-0.15, -0.1) is 0 Å². The van der Waals surface area contributed by atoms with Gasteiger partial charge in [-0.2, -0.15) is 5.10 Å². The number of likely N-dealkylation sites (tertiary alicyclic amines) is 1. The van der Waals surface area contributed by atoms with Crippen LogP contribution in [0, 0.1) is 0 Å². The zero-order valence-corrected chi connectivity index (χ0v) is 14.0. The molecule has 1 atom stereocenters. The third kappa shape index (κ3) is 3.09. The van der Waals surface area contributed by atoms with E-state index in [0.29, 0.717) is 25.2 Å². The largest absolute Gasteiger partial charge is 0.336 e. The number of urea groups is 1. The molecule has 2 aliphatic rings. The van der Waals surface area contributed by atoms with Crippen molar-refractivity contribution in [3.05, 3.63) is 48.3 Å². The number of rotatable bonds is 4. The fraction of sp³-hybridized carbons (Fsp3) is 0.389. The molecular formula is C18H21N5O2. The Kier molecular flexibility index (Phi) is 4.13. The van der Waals surface area contributed by atoms with Crippen molar-refractivity contribution in [3.8, 4) is 0 Å². The second-order valence-corrected chi connectivity index (χ2v) is 6.46. The first-order valence-electron chi connectivity index (χ1n) is 8.66. The molecule has 2 aliphatic heterocycles. The molecule has 0 aliphatic carbocycles. The van der Waals surface area contributed by atoms with E-state index in [1.165, 1.54) is 0 Å². The molecule has 2 aromatic rings. The summed E-state index contributed by atoms with van der Waals surface area (Å²) in [6, 6.07) is 9.29. The Morgan fingerprint density at radius 1 is 1.28 bits per heavy atom. The minimum absolute atomic E-state index is 0.0242. The van der Waals surface area contributed by atoms with Crippen LogP contribution in [0.4, 0.5) is 10.5 Å². The van der Waals surface area contributed by atoms with E-state index in [-0.39, 0.29) is 18.0 Å². The maximum absolute atomic E-state index is 13.0. The summed E-state index contributed by atoms with van der Waals surface area (Å²) in [5.74, 6) is 0.0242. The van der Waals surface area contributed by atoms with Crippen LogP contribution in [0.3, 0.4) is 0 Å². The first kappa shape index (κ1) is 15.7. The van der Waals surface area contributed by atoms with Gasteiger partial charge in [0, 0.05) is 43.3 Å². The molecule has 3 amide bonds. The molecule has 2 saturated heterocycles. The second-order valence-electron chi connectivity index (χ2n) is 6.46. The van der Waals surface area contributed by atoms with E-state index in [1.807, 2.05) is 46.1 Å². The Balaban J connectivity index is 1.52. The predicted octanol–water partition coefficient (Wildman–Crippen LogP) is 1.72. The van der Waals surface area contributed by atoms with Gasteiger partial charge in [-0.1, -0.05) is 6.07 Å². The van der Waals surface area contributed by atoms with Gasteiger partial charge in [0.25, 0.3) is 5.91 Å². The molecule has 1 N–H and O–H groups in total. The monoisotopic (exact) mass is 339 g/mol. The first-order valence-corrected chi connectivity index (χ1v) is 8.66. The van der Waals surface area contributed by atoms with Crippen LogP contribution in [-0.4, -0.2) is 52.3 Å². The Hall–Kier alpha value is -2.83. The molecule has 0 radical (unpaired) electrons. The van der Waals surface area contributed by atoms with Crippen molar-refractivity contribution < 1.29 is 9.59 Å². The summed E-state index contributed by atoms with van der Waals surface area (Å²) in [5.41, 5.74) is 1.40. The smallest absolute Gasteiger partial charge is 0.321 e. The number of carbonyl (C=O) groups excluding carboxylic acids is 2. The van der Waals surface area contributed by atoms with E-state index in [4.69, 9.17) is 0 Å². The molecule has 1 aromatic carbocycles. The lowest BCUT2D eigenvalue weighted by Crippen LogP contribution is -2.38. The van der Waals surface area contributed by atoms with Crippen LogP contribution in [0.15, 0.2) is 42.7 Å². The number of benzene rings is 1. The molecule has 1 unspecified atom stereocenters. The third-order valence-electron chi connectivity index (χ3n) is 4.86. The number of aromatic nitrogens is 2. The highest BCUT2D eigenvalue weighted by Crippen LogP contribution is 2.24. The topological polar surface area (TPSA) is 70.5 Å². The van der Waals surface area contributed by atoms with Gasteiger partial charge in [0.2, 0.25) is 0 Å². The minimum Gasteiger partial charge on any atom is -0.336 e. The van der Waals surface area contributed by atoms with Crippen LogP contribution in [0.5, 0.6) is 0 Å². The van der Waals surface area contributed by atoms with Gasteiger partial charge in [0.1, 0.15) is 0 Å². The van der Waals surface area contributed by atoms with Gasteiger partial charge >= 0.3 is 6.03 Å². The fourth-order valence-electron chi connectivity index (χ4n) is 3.61. The quantitative estimate of drug-likeness (QED) is 0.922. The summed E-state index contributed by atoms with van der Waals surface area (Å²) < 4.78 is 1.88. The van der Waals surface area contributed by atoms with Crippen LogP contribution >= 0.6 is 0 Å². The molecule has 0 bridgehead atoms. The normalized spacial score (nSPS) is 20.2. The van der Waals surface area contributed by atoms with Crippen molar-refractivity contribution in [2.45, 2.75) is 25.4 Å². The van der Waals surface area contributed by atoms with Gasteiger partial charge in [-0.3, -0.25) is 14.4 Å². The van der Waals surface area contributed by atoms with Crippen molar-refractivity contribution in [3.63, 3.8) is 0 Å². The SMILES string of the molecule is O=C1NCCN1c1cccc(C(=O)N2CCCC2Cn2cccn2)c1. The Morgan fingerprint density at radius 3 is 2.96 bits per heavy atom. The van der Waals surface area contributed by atoms with Gasteiger partial charge in [0.05, 0.1) is 12.6 Å². The highest BCUT2D eigenvalue weighted by atomic mass is 16.2.